The molecule has 0 radical (unpaired) electrons. The number of methoxy groups -OCH3 is 2. The summed E-state index contributed by atoms with van der Waals surface area (Å²) in [6.45, 7) is 0. The van der Waals surface area contributed by atoms with Crippen molar-refractivity contribution in [3.05, 3.63) is 35.9 Å². The van der Waals surface area contributed by atoms with E-state index in [1.165, 1.54) is 14.2 Å². The largest absolute Gasteiger partial charge is 0.493 e. The Balaban J connectivity index is 2.38. The molecule has 3 N–H and O–H groups in total. The van der Waals surface area contributed by atoms with Crippen molar-refractivity contribution < 1.29 is 32.2 Å². The van der Waals surface area contributed by atoms with E-state index >= 15 is 0 Å². The fourth-order valence-electron chi connectivity index (χ4n) is 1.79. The van der Waals surface area contributed by atoms with Gasteiger partial charge in [-0.2, -0.15) is 0 Å². The first-order valence-corrected chi connectivity index (χ1v) is 7.63. The second kappa shape index (κ2) is 6.16. The molecule has 0 fully saturated rings. The Morgan fingerprint density at radius 2 is 1.83 bits per heavy atom. The highest BCUT2D eigenvalue weighted by atomic mass is 32.2. The Labute approximate surface area is 130 Å². The van der Waals surface area contributed by atoms with Crippen molar-refractivity contribution in [3.63, 3.8) is 0 Å². The predicted molar refractivity (Wildman–Crippen MR) is 78.1 cm³/mol. The molecule has 2 rings (SSSR count). The van der Waals surface area contributed by atoms with E-state index in [2.05, 4.69) is 4.98 Å². The molecule has 0 aliphatic rings. The lowest BCUT2D eigenvalue weighted by atomic mass is 10.2. The molecular formula is C13H13FN2O6S. The lowest BCUT2D eigenvalue weighted by Gasteiger charge is -2.12. The summed E-state index contributed by atoms with van der Waals surface area (Å²) in [6, 6.07) is 3.01. The number of carboxylic acids is 1. The summed E-state index contributed by atoms with van der Waals surface area (Å²) < 4.78 is 50.2. The van der Waals surface area contributed by atoms with Gasteiger partial charge in [0.1, 0.15) is 10.6 Å². The van der Waals surface area contributed by atoms with Gasteiger partial charge in [0, 0.05) is 18.3 Å². The van der Waals surface area contributed by atoms with Crippen LogP contribution < -0.4 is 14.2 Å². The van der Waals surface area contributed by atoms with E-state index < -0.39 is 21.8 Å². The molecule has 1 aromatic heterocycles. The van der Waals surface area contributed by atoms with Crippen LogP contribution in [-0.2, 0) is 10.0 Å². The number of sulfonamides is 1. The van der Waals surface area contributed by atoms with Gasteiger partial charge in [-0.25, -0.2) is 17.6 Å². The Morgan fingerprint density at radius 3 is 2.35 bits per heavy atom. The van der Waals surface area contributed by atoms with E-state index in [0.29, 0.717) is 0 Å². The molecule has 0 bridgehead atoms. The van der Waals surface area contributed by atoms with Crippen molar-refractivity contribution in [3.8, 4) is 11.5 Å². The van der Waals surface area contributed by atoms with Gasteiger partial charge in [0.2, 0.25) is 0 Å². The number of anilines is 1. The molecule has 8 nitrogen and oxygen atoms in total. The van der Waals surface area contributed by atoms with Crippen molar-refractivity contribution in [2.75, 3.05) is 18.9 Å². The van der Waals surface area contributed by atoms with Crippen molar-refractivity contribution in [2.24, 2.45) is 0 Å². The number of aromatic amines is 1. The normalized spacial score (nSPS) is 11.1. The number of hydrogen-bond acceptors (Lipinski definition) is 5. The molecule has 1 heterocycles. The molecule has 10 heteroatoms. The van der Waals surface area contributed by atoms with Crippen LogP contribution >= 0.6 is 0 Å². The van der Waals surface area contributed by atoms with Gasteiger partial charge in [-0.3, -0.25) is 4.72 Å². The third kappa shape index (κ3) is 3.37. The summed E-state index contributed by atoms with van der Waals surface area (Å²) in [5.74, 6) is -1.96. The Bertz CT molecular complexity index is 846. The van der Waals surface area contributed by atoms with E-state index in [-0.39, 0.29) is 27.8 Å². The zero-order chi connectivity index (χ0) is 17.2. The molecule has 2 aromatic rings. The fourth-order valence-corrected chi connectivity index (χ4v) is 2.84. The minimum atomic E-state index is -4.17. The standard InChI is InChI=1S/C13H13FN2O6S/c1-21-11-4-8(14)9(5-12(11)22-2)16-23(19,20)7-3-10(13(17)18)15-6-7/h3-6,15-16H,1-2H3,(H,17,18). The predicted octanol–water partition coefficient (Wildman–Crippen LogP) is 1.67. The van der Waals surface area contributed by atoms with Gasteiger partial charge in [-0.1, -0.05) is 0 Å². The number of hydrogen-bond donors (Lipinski definition) is 3. The summed E-state index contributed by atoms with van der Waals surface area (Å²) >= 11 is 0. The molecule has 1 aromatic carbocycles. The van der Waals surface area contributed by atoms with Crippen LogP contribution in [-0.4, -0.2) is 38.7 Å². The van der Waals surface area contributed by atoms with Crippen LogP contribution in [0.2, 0.25) is 0 Å². The SMILES string of the molecule is COc1cc(F)c(NS(=O)(=O)c2c[nH]c(C(=O)O)c2)cc1OC. The minimum absolute atomic E-state index is 0.0998. The van der Waals surface area contributed by atoms with E-state index in [4.69, 9.17) is 14.6 Å². The number of rotatable bonds is 6. The highest BCUT2D eigenvalue weighted by Crippen LogP contribution is 2.33. The molecule has 0 aliphatic carbocycles. The van der Waals surface area contributed by atoms with E-state index in [1.807, 2.05) is 4.72 Å². The first kappa shape index (κ1) is 16.6. The summed E-state index contributed by atoms with van der Waals surface area (Å²) in [5, 5.41) is 8.79. The third-order valence-electron chi connectivity index (χ3n) is 2.91. The Hall–Kier alpha value is -2.75. The van der Waals surface area contributed by atoms with Gasteiger partial charge in [0.15, 0.2) is 17.3 Å². The van der Waals surface area contributed by atoms with Crippen LogP contribution in [0.3, 0.4) is 0 Å². The Morgan fingerprint density at radius 1 is 1.22 bits per heavy atom. The molecule has 0 spiro atoms. The van der Waals surface area contributed by atoms with Gasteiger partial charge in [0.25, 0.3) is 10.0 Å². The molecule has 0 saturated carbocycles. The summed E-state index contributed by atoms with van der Waals surface area (Å²) in [5.41, 5.74) is -0.668. The van der Waals surface area contributed by atoms with Gasteiger partial charge >= 0.3 is 5.97 Å². The highest BCUT2D eigenvalue weighted by Gasteiger charge is 2.21. The Kier molecular flexibility index (Phi) is 4.45. The third-order valence-corrected chi connectivity index (χ3v) is 4.26. The van der Waals surface area contributed by atoms with Gasteiger partial charge in [-0.05, 0) is 6.07 Å². The molecular weight excluding hydrogens is 331 g/mol. The second-order valence-corrected chi connectivity index (χ2v) is 6.03. The number of ether oxygens (including phenoxy) is 2. The van der Waals surface area contributed by atoms with E-state index in [0.717, 1.165) is 24.4 Å². The average Bonchev–Trinajstić information content (AvgIpc) is 2.99. The molecule has 0 saturated heterocycles. The van der Waals surface area contributed by atoms with Crippen molar-refractivity contribution in [1.82, 2.24) is 4.98 Å². The van der Waals surface area contributed by atoms with E-state index in [1.54, 1.807) is 0 Å². The highest BCUT2D eigenvalue weighted by molar-refractivity contribution is 7.92. The van der Waals surface area contributed by atoms with Crippen LogP contribution in [0.25, 0.3) is 0 Å². The quantitative estimate of drug-likeness (QED) is 0.734. The second-order valence-electron chi connectivity index (χ2n) is 4.35. The van der Waals surface area contributed by atoms with Crippen LogP contribution in [0.5, 0.6) is 11.5 Å². The zero-order valence-corrected chi connectivity index (χ0v) is 12.9. The van der Waals surface area contributed by atoms with Crippen molar-refractivity contribution in [2.45, 2.75) is 4.90 Å². The molecule has 23 heavy (non-hydrogen) atoms. The maximum atomic E-state index is 14.0. The summed E-state index contributed by atoms with van der Waals surface area (Å²) in [7, 11) is -1.54. The summed E-state index contributed by atoms with van der Waals surface area (Å²) in [4.78, 5) is 12.7. The number of halogens is 1. The van der Waals surface area contributed by atoms with Crippen LogP contribution in [0.1, 0.15) is 10.5 Å². The maximum absolute atomic E-state index is 14.0. The van der Waals surface area contributed by atoms with Crippen molar-refractivity contribution >= 4 is 21.7 Å². The van der Waals surface area contributed by atoms with Gasteiger partial charge in [0.05, 0.1) is 19.9 Å². The number of aromatic carboxylic acids is 1. The van der Waals surface area contributed by atoms with Crippen LogP contribution in [0, 0.1) is 5.82 Å². The molecule has 0 unspecified atom stereocenters. The number of benzene rings is 1. The number of H-pyrrole nitrogens is 1. The first-order valence-electron chi connectivity index (χ1n) is 6.14. The maximum Gasteiger partial charge on any atom is 0.352 e. The van der Waals surface area contributed by atoms with Crippen LogP contribution in [0.15, 0.2) is 29.3 Å². The molecule has 0 aliphatic heterocycles. The number of carbonyl (C=O) groups is 1. The van der Waals surface area contributed by atoms with E-state index in [9.17, 15) is 17.6 Å². The lowest BCUT2D eigenvalue weighted by Crippen LogP contribution is -2.13. The smallest absolute Gasteiger partial charge is 0.352 e. The number of aromatic nitrogens is 1. The average molecular weight is 344 g/mol. The first-order chi connectivity index (χ1) is 10.8. The molecule has 0 amide bonds. The molecule has 0 atom stereocenters. The summed E-state index contributed by atoms with van der Waals surface area (Å²) in [6.07, 6.45) is 0.991. The monoisotopic (exact) mass is 344 g/mol. The van der Waals surface area contributed by atoms with Crippen LogP contribution in [0.4, 0.5) is 10.1 Å². The van der Waals surface area contributed by atoms with Gasteiger partial charge < -0.3 is 19.6 Å². The minimum Gasteiger partial charge on any atom is -0.493 e. The topological polar surface area (TPSA) is 118 Å². The lowest BCUT2D eigenvalue weighted by molar-refractivity contribution is 0.0691. The van der Waals surface area contributed by atoms with Gasteiger partial charge in [-0.15, -0.1) is 0 Å². The molecule has 124 valence electrons. The number of nitrogens with one attached hydrogen (secondary N) is 2. The fraction of sp³-hybridized carbons (Fsp3) is 0.154. The zero-order valence-electron chi connectivity index (χ0n) is 12.1. The van der Waals surface area contributed by atoms with Crippen molar-refractivity contribution in [1.29, 1.82) is 0 Å². The number of carboxylic acid groups (broad SMARTS) is 1.